The molecular formula is C10H16ClN3O3. The van der Waals surface area contributed by atoms with Gasteiger partial charge in [-0.2, -0.15) is 0 Å². The monoisotopic (exact) mass is 261 g/mol. The van der Waals surface area contributed by atoms with Gasteiger partial charge in [0.05, 0.1) is 6.61 Å². The summed E-state index contributed by atoms with van der Waals surface area (Å²) >= 11 is 5.74. The van der Waals surface area contributed by atoms with E-state index in [4.69, 9.17) is 21.1 Å². The Morgan fingerprint density at radius 3 is 2.71 bits per heavy atom. The first-order valence-corrected chi connectivity index (χ1v) is 5.61. The van der Waals surface area contributed by atoms with E-state index in [1.165, 1.54) is 0 Å². The van der Waals surface area contributed by atoms with Crippen LogP contribution in [0.3, 0.4) is 0 Å². The fourth-order valence-electron chi connectivity index (χ4n) is 1.09. The number of H-pyrrole nitrogens is 1. The van der Waals surface area contributed by atoms with Crippen LogP contribution in [0.4, 0.5) is 0 Å². The van der Waals surface area contributed by atoms with Crippen molar-refractivity contribution in [2.24, 2.45) is 0 Å². The van der Waals surface area contributed by atoms with Gasteiger partial charge in [-0.15, -0.1) is 5.10 Å². The van der Waals surface area contributed by atoms with E-state index >= 15 is 0 Å². The second kappa shape index (κ2) is 5.97. The van der Waals surface area contributed by atoms with Crippen LogP contribution in [0.15, 0.2) is 0 Å². The van der Waals surface area contributed by atoms with E-state index in [0.717, 1.165) is 0 Å². The predicted octanol–water partition coefficient (Wildman–Crippen LogP) is 1.36. The first kappa shape index (κ1) is 13.9. The molecule has 1 rings (SSSR count). The van der Waals surface area contributed by atoms with Crippen LogP contribution in [0.2, 0.25) is 5.15 Å². The fourth-order valence-corrected chi connectivity index (χ4v) is 1.26. The first-order chi connectivity index (χ1) is 7.88. The average Bonchev–Trinajstić information content (AvgIpc) is 2.56. The van der Waals surface area contributed by atoms with Gasteiger partial charge in [0.15, 0.2) is 0 Å². The summed E-state index contributed by atoms with van der Waals surface area (Å²) in [6, 6.07) is 0. The van der Waals surface area contributed by atoms with Crippen LogP contribution in [0.1, 0.15) is 26.5 Å². The summed E-state index contributed by atoms with van der Waals surface area (Å²) in [5.41, 5.74) is 0.131. The Morgan fingerprint density at radius 2 is 2.18 bits per heavy atom. The summed E-state index contributed by atoms with van der Waals surface area (Å²) in [6.45, 7) is 5.68. The number of carbonyl (C=O) groups excluding carboxylic acids is 1. The van der Waals surface area contributed by atoms with Gasteiger partial charge in [0.25, 0.3) is 0 Å². The van der Waals surface area contributed by atoms with Gasteiger partial charge in [-0.3, -0.25) is 0 Å². The molecule has 0 aliphatic carbocycles. The van der Waals surface area contributed by atoms with Crippen LogP contribution >= 0.6 is 11.6 Å². The second-order valence-corrected chi connectivity index (χ2v) is 4.84. The van der Waals surface area contributed by atoms with Crippen LogP contribution in [0.25, 0.3) is 0 Å². The highest BCUT2D eigenvalue weighted by molar-refractivity contribution is 6.29. The highest BCUT2D eigenvalue weighted by Crippen LogP contribution is 2.09. The maximum absolute atomic E-state index is 11.3. The summed E-state index contributed by atoms with van der Waals surface area (Å²) in [5, 5.41) is 10.2. The summed E-state index contributed by atoms with van der Waals surface area (Å²) in [7, 11) is 0. The molecule has 17 heavy (non-hydrogen) atoms. The molecule has 0 atom stereocenters. The molecule has 1 aromatic rings. The zero-order chi connectivity index (χ0) is 12.9. The van der Waals surface area contributed by atoms with Gasteiger partial charge in [-0.05, 0) is 20.8 Å². The van der Waals surface area contributed by atoms with Gasteiger partial charge in [0.1, 0.15) is 23.1 Å². The number of aromatic amines is 1. The molecule has 0 bridgehead atoms. The maximum Gasteiger partial charge on any atom is 0.332 e. The van der Waals surface area contributed by atoms with Crippen molar-refractivity contribution in [1.82, 2.24) is 15.4 Å². The summed E-state index contributed by atoms with van der Waals surface area (Å²) in [6.07, 6.45) is 0.498. The van der Waals surface area contributed by atoms with E-state index in [9.17, 15) is 4.79 Å². The molecule has 0 amide bonds. The maximum atomic E-state index is 11.3. The van der Waals surface area contributed by atoms with Gasteiger partial charge in [-0.25, -0.2) is 9.89 Å². The summed E-state index contributed by atoms with van der Waals surface area (Å²) in [5.74, 6) is -0.385. The SMILES string of the molecule is CC(C)(C)OC(=O)COCCc1nn[nH]c1Cl. The number of halogens is 1. The van der Waals surface area contributed by atoms with Crippen LogP contribution in [0.5, 0.6) is 0 Å². The molecule has 0 fully saturated rings. The molecular weight excluding hydrogens is 246 g/mol. The number of ether oxygens (including phenoxy) is 2. The predicted molar refractivity (Wildman–Crippen MR) is 61.8 cm³/mol. The van der Waals surface area contributed by atoms with E-state index in [1.54, 1.807) is 20.8 Å². The van der Waals surface area contributed by atoms with Crippen LogP contribution in [-0.2, 0) is 20.7 Å². The zero-order valence-electron chi connectivity index (χ0n) is 10.1. The van der Waals surface area contributed by atoms with Crippen LogP contribution in [0, 0.1) is 0 Å². The lowest BCUT2D eigenvalue weighted by atomic mass is 10.2. The molecule has 0 saturated carbocycles. The average molecular weight is 262 g/mol. The topological polar surface area (TPSA) is 77.1 Å². The Labute approximate surface area is 105 Å². The number of hydrogen-bond acceptors (Lipinski definition) is 5. The normalized spacial score (nSPS) is 11.5. The van der Waals surface area contributed by atoms with Crippen molar-refractivity contribution in [2.75, 3.05) is 13.2 Å². The molecule has 0 saturated heterocycles. The zero-order valence-corrected chi connectivity index (χ0v) is 10.9. The van der Waals surface area contributed by atoms with Gasteiger partial charge >= 0.3 is 5.97 Å². The van der Waals surface area contributed by atoms with Crippen molar-refractivity contribution < 1.29 is 14.3 Å². The van der Waals surface area contributed by atoms with Crippen molar-refractivity contribution in [3.05, 3.63) is 10.8 Å². The Morgan fingerprint density at radius 1 is 1.47 bits per heavy atom. The molecule has 0 aromatic carbocycles. The van der Waals surface area contributed by atoms with Crippen molar-refractivity contribution in [1.29, 1.82) is 0 Å². The van der Waals surface area contributed by atoms with Crippen LogP contribution < -0.4 is 0 Å². The van der Waals surface area contributed by atoms with Crippen molar-refractivity contribution >= 4 is 17.6 Å². The summed E-state index contributed by atoms with van der Waals surface area (Å²) < 4.78 is 10.2. The van der Waals surface area contributed by atoms with Gasteiger partial charge in [-0.1, -0.05) is 16.8 Å². The third-order valence-electron chi connectivity index (χ3n) is 1.70. The molecule has 1 N–H and O–H groups in total. The number of hydrogen-bond donors (Lipinski definition) is 1. The highest BCUT2D eigenvalue weighted by atomic mass is 35.5. The number of aromatic nitrogens is 3. The molecule has 1 aromatic heterocycles. The van der Waals surface area contributed by atoms with E-state index in [0.29, 0.717) is 23.9 Å². The Kier molecular flexibility index (Phi) is 4.89. The lowest BCUT2D eigenvalue weighted by Gasteiger charge is -2.19. The highest BCUT2D eigenvalue weighted by Gasteiger charge is 2.16. The molecule has 6 nitrogen and oxygen atoms in total. The molecule has 0 aliphatic heterocycles. The second-order valence-electron chi connectivity index (χ2n) is 4.46. The molecule has 0 aliphatic rings. The third-order valence-corrected chi connectivity index (χ3v) is 2.00. The van der Waals surface area contributed by atoms with E-state index in [1.807, 2.05) is 0 Å². The standard InChI is InChI=1S/C10H16ClN3O3/c1-10(2,3)17-8(15)6-16-5-4-7-9(11)13-14-12-7/h4-6H2,1-3H3,(H,12,13,14). The Bertz CT molecular complexity index is 373. The van der Waals surface area contributed by atoms with Crippen molar-refractivity contribution in [2.45, 2.75) is 32.8 Å². The minimum Gasteiger partial charge on any atom is -0.458 e. The summed E-state index contributed by atoms with van der Waals surface area (Å²) in [4.78, 5) is 11.3. The number of esters is 1. The lowest BCUT2D eigenvalue weighted by Crippen LogP contribution is -2.26. The van der Waals surface area contributed by atoms with Crippen molar-refractivity contribution in [3.63, 3.8) is 0 Å². The van der Waals surface area contributed by atoms with E-state index < -0.39 is 5.60 Å². The molecule has 0 spiro atoms. The minimum absolute atomic E-state index is 0.0766. The van der Waals surface area contributed by atoms with Gasteiger partial charge in [0, 0.05) is 6.42 Å². The van der Waals surface area contributed by atoms with Crippen molar-refractivity contribution in [3.8, 4) is 0 Å². The van der Waals surface area contributed by atoms with Crippen LogP contribution in [-0.4, -0.2) is 40.2 Å². The number of nitrogens with zero attached hydrogens (tertiary/aromatic N) is 2. The molecule has 0 radical (unpaired) electrons. The number of carbonyl (C=O) groups is 1. The number of nitrogens with one attached hydrogen (secondary N) is 1. The fraction of sp³-hybridized carbons (Fsp3) is 0.700. The molecule has 0 unspecified atom stereocenters. The number of rotatable bonds is 5. The molecule has 7 heteroatoms. The third kappa shape index (κ3) is 5.65. The van der Waals surface area contributed by atoms with E-state index in [-0.39, 0.29) is 12.6 Å². The Balaban J connectivity index is 2.17. The molecule has 96 valence electrons. The Hall–Kier alpha value is -1.14. The van der Waals surface area contributed by atoms with Gasteiger partial charge in [0.2, 0.25) is 0 Å². The smallest absolute Gasteiger partial charge is 0.332 e. The minimum atomic E-state index is -0.490. The lowest BCUT2D eigenvalue weighted by molar-refractivity contribution is -0.160. The van der Waals surface area contributed by atoms with Gasteiger partial charge < -0.3 is 9.47 Å². The molecule has 1 heterocycles. The quantitative estimate of drug-likeness (QED) is 0.640. The van der Waals surface area contributed by atoms with E-state index in [2.05, 4.69) is 15.4 Å². The largest absolute Gasteiger partial charge is 0.458 e. The first-order valence-electron chi connectivity index (χ1n) is 5.23.